The fourth-order valence-corrected chi connectivity index (χ4v) is 7.28. The summed E-state index contributed by atoms with van der Waals surface area (Å²) in [7, 11) is -10.9. The van der Waals surface area contributed by atoms with Crippen LogP contribution in [-0.2, 0) is 29.4 Å². The minimum atomic E-state index is -6.19. The van der Waals surface area contributed by atoms with Gasteiger partial charge in [-0.05, 0) is 55.3 Å². The fourth-order valence-electron chi connectivity index (χ4n) is 3.85. The molecule has 0 aliphatic heterocycles. The number of halogens is 6. The molecule has 0 atom stereocenters. The first-order valence-corrected chi connectivity index (χ1v) is 12.6. The Labute approximate surface area is 195 Å². The third kappa shape index (κ3) is 4.39. The molecular formula is C19H15ClF5NO6S2. The number of sulfone groups is 1. The molecule has 1 saturated carbocycles. The molecule has 2 aromatic rings. The van der Waals surface area contributed by atoms with Crippen molar-refractivity contribution < 1.29 is 48.7 Å². The Kier molecular flexibility index (Phi) is 6.76. The Balaban J connectivity index is 2.16. The molecule has 0 radical (unpaired) electrons. The van der Waals surface area contributed by atoms with E-state index in [0.29, 0.717) is 18.2 Å². The molecule has 0 saturated heterocycles. The largest absolute Gasteiger partial charge is 0.511 e. The summed E-state index contributed by atoms with van der Waals surface area (Å²) in [5, 5.41) is 9.10. The van der Waals surface area contributed by atoms with Gasteiger partial charge >= 0.3 is 21.5 Å². The molecule has 1 aliphatic carbocycles. The van der Waals surface area contributed by atoms with Crippen LogP contribution >= 0.6 is 11.6 Å². The molecule has 0 bridgehead atoms. The third-order valence-corrected chi connectivity index (χ3v) is 9.84. The predicted molar refractivity (Wildman–Crippen MR) is 109 cm³/mol. The van der Waals surface area contributed by atoms with Gasteiger partial charge in [-0.1, -0.05) is 11.6 Å². The lowest BCUT2D eigenvalue weighted by atomic mass is 9.74. The topological polar surface area (TPSA) is 109 Å². The number of carboxylic acids is 1. The SMILES string of the molecule is O=C(O)CN(C1CC(c2cc(F)ccc2F)(S(=O)(=O)c2ccc(Cl)cc2)C1)S(=O)(=O)C(F)(F)F. The monoisotopic (exact) mass is 547 g/mol. The molecule has 15 heteroatoms. The molecule has 0 unspecified atom stereocenters. The highest BCUT2D eigenvalue weighted by Crippen LogP contribution is 2.54. The van der Waals surface area contributed by atoms with Gasteiger partial charge < -0.3 is 5.11 Å². The molecule has 1 fully saturated rings. The van der Waals surface area contributed by atoms with Crippen molar-refractivity contribution in [1.29, 1.82) is 0 Å². The molecule has 1 N–H and O–H groups in total. The van der Waals surface area contributed by atoms with E-state index in [9.17, 15) is 43.6 Å². The summed E-state index contributed by atoms with van der Waals surface area (Å²) in [5.74, 6) is -4.17. The number of carboxylic acid groups (broad SMARTS) is 1. The van der Waals surface area contributed by atoms with Crippen molar-refractivity contribution in [3.8, 4) is 0 Å². The predicted octanol–water partition coefficient (Wildman–Crippen LogP) is 3.69. The summed E-state index contributed by atoms with van der Waals surface area (Å²) >= 11 is 5.75. The summed E-state index contributed by atoms with van der Waals surface area (Å²) in [4.78, 5) is 10.7. The maximum atomic E-state index is 14.7. The van der Waals surface area contributed by atoms with Crippen molar-refractivity contribution in [2.45, 2.75) is 34.0 Å². The molecule has 186 valence electrons. The van der Waals surface area contributed by atoms with Gasteiger partial charge in [-0.25, -0.2) is 25.6 Å². The number of hydrogen-bond donors (Lipinski definition) is 1. The summed E-state index contributed by atoms with van der Waals surface area (Å²) in [6.45, 7) is -1.62. The highest BCUT2D eigenvalue weighted by Gasteiger charge is 2.62. The number of benzene rings is 2. The van der Waals surface area contributed by atoms with E-state index in [-0.39, 0.29) is 9.33 Å². The van der Waals surface area contributed by atoms with Crippen LogP contribution in [0.1, 0.15) is 18.4 Å². The number of carbonyl (C=O) groups is 1. The minimum Gasteiger partial charge on any atom is -0.480 e. The van der Waals surface area contributed by atoms with E-state index in [1.54, 1.807) is 0 Å². The van der Waals surface area contributed by atoms with E-state index in [1.807, 2.05) is 0 Å². The van der Waals surface area contributed by atoms with Gasteiger partial charge in [0.2, 0.25) is 0 Å². The van der Waals surface area contributed by atoms with Gasteiger partial charge in [0, 0.05) is 16.6 Å². The first-order chi connectivity index (χ1) is 15.5. The average Bonchev–Trinajstić information content (AvgIpc) is 2.67. The maximum absolute atomic E-state index is 14.7. The van der Waals surface area contributed by atoms with Crippen LogP contribution in [0.5, 0.6) is 0 Å². The first-order valence-electron chi connectivity index (χ1n) is 9.28. The molecule has 0 amide bonds. The van der Waals surface area contributed by atoms with Gasteiger partial charge in [-0.15, -0.1) is 0 Å². The summed E-state index contributed by atoms with van der Waals surface area (Å²) in [6, 6.07) is 4.56. The molecule has 0 spiro atoms. The quantitative estimate of drug-likeness (QED) is 0.530. The van der Waals surface area contributed by atoms with E-state index in [4.69, 9.17) is 16.7 Å². The Hall–Kier alpha value is -2.29. The Morgan fingerprint density at radius 2 is 1.62 bits per heavy atom. The lowest BCUT2D eigenvalue weighted by molar-refractivity contribution is -0.138. The van der Waals surface area contributed by atoms with Crippen molar-refractivity contribution in [2.75, 3.05) is 6.54 Å². The van der Waals surface area contributed by atoms with Crippen molar-refractivity contribution in [2.24, 2.45) is 0 Å². The van der Waals surface area contributed by atoms with E-state index < -0.39 is 83.6 Å². The second-order valence-electron chi connectivity index (χ2n) is 7.53. The van der Waals surface area contributed by atoms with E-state index in [1.165, 1.54) is 12.1 Å². The van der Waals surface area contributed by atoms with Crippen LogP contribution in [0.3, 0.4) is 0 Å². The fraction of sp³-hybridized carbons (Fsp3) is 0.316. The molecule has 1 aliphatic rings. The van der Waals surface area contributed by atoms with Gasteiger partial charge in [0.15, 0.2) is 9.84 Å². The molecule has 0 aromatic heterocycles. The van der Waals surface area contributed by atoms with Gasteiger partial charge in [0.25, 0.3) is 0 Å². The third-order valence-electron chi connectivity index (χ3n) is 5.49. The van der Waals surface area contributed by atoms with Crippen molar-refractivity contribution in [3.63, 3.8) is 0 Å². The second kappa shape index (κ2) is 8.73. The van der Waals surface area contributed by atoms with Gasteiger partial charge in [-0.2, -0.15) is 17.5 Å². The van der Waals surface area contributed by atoms with Crippen LogP contribution in [0.4, 0.5) is 22.0 Å². The van der Waals surface area contributed by atoms with Crippen molar-refractivity contribution >= 4 is 37.4 Å². The Bertz CT molecular complexity index is 1320. The summed E-state index contributed by atoms with van der Waals surface area (Å²) in [6.07, 6.45) is -1.91. The van der Waals surface area contributed by atoms with Gasteiger partial charge in [0.1, 0.15) is 22.9 Å². The number of rotatable bonds is 7. The highest BCUT2D eigenvalue weighted by atomic mass is 35.5. The average molecular weight is 548 g/mol. The summed E-state index contributed by atoms with van der Waals surface area (Å²) < 4.78 is 116. The van der Waals surface area contributed by atoms with Gasteiger partial charge in [0.05, 0.1) is 4.90 Å². The number of hydrogen-bond acceptors (Lipinski definition) is 5. The molecule has 7 nitrogen and oxygen atoms in total. The van der Waals surface area contributed by atoms with Crippen molar-refractivity contribution in [3.05, 3.63) is 64.7 Å². The van der Waals surface area contributed by atoms with Crippen LogP contribution in [0.25, 0.3) is 0 Å². The minimum absolute atomic E-state index is 0.139. The van der Waals surface area contributed by atoms with Crippen LogP contribution in [0, 0.1) is 11.6 Å². The normalized spacial score (nSPS) is 21.3. The van der Waals surface area contributed by atoms with E-state index in [2.05, 4.69) is 0 Å². The second-order valence-corrected chi connectivity index (χ2v) is 12.1. The van der Waals surface area contributed by atoms with Crippen LogP contribution in [0.15, 0.2) is 47.4 Å². The number of alkyl halides is 3. The molecular weight excluding hydrogens is 533 g/mol. The Morgan fingerprint density at radius 1 is 1.06 bits per heavy atom. The van der Waals surface area contributed by atoms with E-state index in [0.717, 1.165) is 12.1 Å². The van der Waals surface area contributed by atoms with E-state index >= 15 is 0 Å². The standard InChI is InChI=1S/C19H15ClF5NO6S2/c20-11-1-4-14(5-2-11)33(29,30)18(15-7-12(21)3-6-16(15)22)8-13(9-18)26(10-17(27)28)34(31,32)19(23,24)25/h1-7,13H,8-10H2,(H,27,28). The summed E-state index contributed by atoms with van der Waals surface area (Å²) in [5.41, 5.74) is -6.60. The number of sulfonamides is 1. The lowest BCUT2D eigenvalue weighted by Gasteiger charge is -2.50. The van der Waals surface area contributed by atoms with Gasteiger partial charge in [-0.3, -0.25) is 4.79 Å². The number of aliphatic carboxylic acids is 1. The zero-order valence-electron chi connectivity index (χ0n) is 16.8. The lowest BCUT2D eigenvalue weighted by Crippen LogP contribution is -2.61. The maximum Gasteiger partial charge on any atom is 0.511 e. The Morgan fingerprint density at radius 3 is 2.12 bits per heavy atom. The van der Waals surface area contributed by atoms with Crippen LogP contribution in [0.2, 0.25) is 5.02 Å². The zero-order chi connectivity index (χ0) is 25.7. The highest BCUT2D eigenvalue weighted by molar-refractivity contribution is 7.92. The smallest absolute Gasteiger partial charge is 0.480 e. The first kappa shape index (κ1) is 26.3. The molecule has 3 rings (SSSR count). The molecule has 34 heavy (non-hydrogen) atoms. The zero-order valence-corrected chi connectivity index (χ0v) is 19.1. The van der Waals surface area contributed by atoms with Crippen molar-refractivity contribution in [1.82, 2.24) is 4.31 Å². The molecule has 2 aromatic carbocycles. The molecule has 0 heterocycles. The van der Waals surface area contributed by atoms with Crippen LogP contribution < -0.4 is 0 Å². The number of nitrogens with zero attached hydrogens (tertiary/aromatic N) is 1. The van der Waals surface area contributed by atoms with Crippen LogP contribution in [-0.4, -0.2) is 50.3 Å².